The molecule has 1 aromatic heterocycles. The maximum atomic E-state index is 11.7. The van der Waals surface area contributed by atoms with Gasteiger partial charge in [0.25, 0.3) is 0 Å². The summed E-state index contributed by atoms with van der Waals surface area (Å²) in [6.07, 6.45) is 4.57. The van der Waals surface area contributed by atoms with E-state index >= 15 is 0 Å². The molecule has 0 unspecified atom stereocenters. The third-order valence-corrected chi connectivity index (χ3v) is 4.47. The normalized spacial score (nSPS) is 27.4. The summed E-state index contributed by atoms with van der Waals surface area (Å²) < 4.78 is 5.23. The third kappa shape index (κ3) is 2.57. The van der Waals surface area contributed by atoms with Crippen molar-refractivity contribution in [1.29, 1.82) is 0 Å². The Morgan fingerprint density at radius 2 is 2.05 bits per heavy atom. The molecule has 110 valence electrons. The summed E-state index contributed by atoms with van der Waals surface area (Å²) in [7, 11) is 0. The molecule has 0 aliphatic carbocycles. The van der Waals surface area contributed by atoms with Crippen LogP contribution < -0.4 is 0 Å². The molecule has 6 heteroatoms. The average molecular weight is 278 g/mol. The second-order valence-corrected chi connectivity index (χ2v) is 5.84. The summed E-state index contributed by atoms with van der Waals surface area (Å²) in [4.78, 5) is 20.5. The molecule has 2 aliphatic heterocycles. The Balaban J connectivity index is 1.70. The van der Waals surface area contributed by atoms with Crippen molar-refractivity contribution in [3.8, 4) is 0 Å². The zero-order valence-corrected chi connectivity index (χ0v) is 12.2. The smallest absolute Gasteiger partial charge is 0.240 e. The first-order chi connectivity index (χ1) is 9.65. The minimum absolute atomic E-state index is 0.202. The van der Waals surface area contributed by atoms with Gasteiger partial charge >= 0.3 is 0 Å². The SMILES string of the molecule is CC(=O)N1CCC[C@H]1[C@H]1CCCN1Cc1nc(C)no1. The molecule has 2 fully saturated rings. The molecule has 0 N–H and O–H groups in total. The Morgan fingerprint density at radius 1 is 1.30 bits per heavy atom. The summed E-state index contributed by atoms with van der Waals surface area (Å²) in [5, 5.41) is 3.85. The van der Waals surface area contributed by atoms with Crippen LogP contribution in [0, 0.1) is 6.92 Å². The summed E-state index contributed by atoms with van der Waals surface area (Å²) >= 11 is 0. The maximum Gasteiger partial charge on any atom is 0.240 e. The fraction of sp³-hybridized carbons (Fsp3) is 0.786. The molecule has 1 amide bonds. The van der Waals surface area contributed by atoms with Gasteiger partial charge in [0.05, 0.1) is 6.54 Å². The number of likely N-dealkylation sites (tertiary alicyclic amines) is 2. The predicted octanol–water partition coefficient (Wildman–Crippen LogP) is 1.35. The van der Waals surface area contributed by atoms with Crippen LogP contribution in [0.3, 0.4) is 0 Å². The highest BCUT2D eigenvalue weighted by Gasteiger charge is 2.39. The molecular weight excluding hydrogens is 256 g/mol. The molecule has 0 radical (unpaired) electrons. The lowest BCUT2D eigenvalue weighted by molar-refractivity contribution is -0.130. The van der Waals surface area contributed by atoms with Crippen LogP contribution in [0.1, 0.15) is 44.3 Å². The van der Waals surface area contributed by atoms with Gasteiger partial charge in [0.2, 0.25) is 11.8 Å². The van der Waals surface area contributed by atoms with Crippen LogP contribution in [0.4, 0.5) is 0 Å². The zero-order valence-electron chi connectivity index (χ0n) is 12.2. The van der Waals surface area contributed by atoms with Crippen LogP contribution in [0.25, 0.3) is 0 Å². The average Bonchev–Trinajstić information content (AvgIpc) is 3.09. The third-order valence-electron chi connectivity index (χ3n) is 4.47. The number of carbonyl (C=O) groups is 1. The number of hydrogen-bond acceptors (Lipinski definition) is 5. The molecule has 2 saturated heterocycles. The van der Waals surface area contributed by atoms with Crippen molar-refractivity contribution in [3.05, 3.63) is 11.7 Å². The molecule has 2 atom stereocenters. The Hall–Kier alpha value is -1.43. The Morgan fingerprint density at radius 3 is 2.75 bits per heavy atom. The van der Waals surface area contributed by atoms with Crippen molar-refractivity contribution in [2.24, 2.45) is 0 Å². The van der Waals surface area contributed by atoms with E-state index in [1.54, 1.807) is 6.92 Å². The number of nitrogens with zero attached hydrogens (tertiary/aromatic N) is 4. The first-order valence-corrected chi connectivity index (χ1v) is 7.45. The van der Waals surface area contributed by atoms with Gasteiger partial charge in [0.15, 0.2) is 5.82 Å². The monoisotopic (exact) mass is 278 g/mol. The summed E-state index contributed by atoms with van der Waals surface area (Å²) in [6, 6.07) is 0.799. The van der Waals surface area contributed by atoms with Crippen LogP contribution in [-0.4, -0.2) is 51.0 Å². The quantitative estimate of drug-likeness (QED) is 0.835. The predicted molar refractivity (Wildman–Crippen MR) is 72.9 cm³/mol. The molecule has 2 aliphatic rings. The van der Waals surface area contributed by atoms with Gasteiger partial charge in [0, 0.05) is 25.6 Å². The number of carbonyl (C=O) groups excluding carboxylic acids is 1. The minimum Gasteiger partial charge on any atom is -0.338 e. The zero-order chi connectivity index (χ0) is 14.1. The first-order valence-electron chi connectivity index (χ1n) is 7.45. The van der Waals surface area contributed by atoms with Crippen LogP contribution in [0.15, 0.2) is 4.52 Å². The first kappa shape index (κ1) is 13.5. The highest BCUT2D eigenvalue weighted by atomic mass is 16.5. The second kappa shape index (κ2) is 5.52. The van der Waals surface area contributed by atoms with Crippen molar-refractivity contribution in [3.63, 3.8) is 0 Å². The van der Waals surface area contributed by atoms with E-state index < -0.39 is 0 Å². The summed E-state index contributed by atoms with van der Waals surface area (Å²) in [6.45, 7) is 6.17. The Labute approximate surface area is 119 Å². The van der Waals surface area contributed by atoms with Crippen LogP contribution in [0.2, 0.25) is 0 Å². The van der Waals surface area contributed by atoms with E-state index in [1.165, 1.54) is 6.42 Å². The molecule has 0 bridgehead atoms. The lowest BCUT2D eigenvalue weighted by Crippen LogP contribution is -2.47. The van der Waals surface area contributed by atoms with Gasteiger partial charge < -0.3 is 9.42 Å². The van der Waals surface area contributed by atoms with Gasteiger partial charge in [-0.15, -0.1) is 0 Å². The highest BCUT2D eigenvalue weighted by molar-refractivity contribution is 5.74. The lowest BCUT2D eigenvalue weighted by atomic mass is 10.0. The van der Waals surface area contributed by atoms with E-state index in [0.717, 1.165) is 32.4 Å². The largest absolute Gasteiger partial charge is 0.338 e. The maximum absolute atomic E-state index is 11.7. The second-order valence-electron chi connectivity index (χ2n) is 5.84. The van der Waals surface area contributed by atoms with E-state index in [-0.39, 0.29) is 5.91 Å². The topological polar surface area (TPSA) is 62.5 Å². The van der Waals surface area contributed by atoms with Gasteiger partial charge in [-0.3, -0.25) is 9.69 Å². The molecule has 1 aromatic rings. The molecule has 20 heavy (non-hydrogen) atoms. The summed E-state index contributed by atoms with van der Waals surface area (Å²) in [5.41, 5.74) is 0. The number of aryl methyl sites for hydroxylation is 1. The standard InChI is InChI=1S/C14H22N4O2/c1-10-15-14(20-16-10)9-17-7-3-5-12(17)13-6-4-8-18(13)11(2)19/h12-13H,3-9H2,1-2H3/t12-,13+/m1/s1. The van der Waals surface area contributed by atoms with Crippen molar-refractivity contribution >= 4 is 5.91 Å². The molecule has 3 rings (SSSR count). The lowest BCUT2D eigenvalue weighted by Gasteiger charge is -2.33. The Bertz CT molecular complexity index is 487. The van der Waals surface area contributed by atoms with Crippen molar-refractivity contribution in [2.45, 2.75) is 58.2 Å². The van der Waals surface area contributed by atoms with Gasteiger partial charge in [-0.1, -0.05) is 5.16 Å². The van der Waals surface area contributed by atoms with Gasteiger partial charge in [-0.2, -0.15) is 4.98 Å². The van der Waals surface area contributed by atoms with E-state index in [2.05, 4.69) is 15.0 Å². The molecule has 0 aromatic carbocycles. The number of rotatable bonds is 3. The van der Waals surface area contributed by atoms with Crippen LogP contribution in [-0.2, 0) is 11.3 Å². The van der Waals surface area contributed by atoms with Gasteiger partial charge in [-0.25, -0.2) is 0 Å². The fourth-order valence-corrected chi connectivity index (χ4v) is 3.65. The van der Waals surface area contributed by atoms with Crippen molar-refractivity contribution < 1.29 is 9.32 Å². The van der Waals surface area contributed by atoms with E-state index in [9.17, 15) is 4.79 Å². The molecule has 0 saturated carbocycles. The molecular formula is C14H22N4O2. The van der Waals surface area contributed by atoms with Crippen molar-refractivity contribution in [1.82, 2.24) is 19.9 Å². The number of hydrogen-bond donors (Lipinski definition) is 0. The number of amides is 1. The van der Waals surface area contributed by atoms with E-state index in [0.29, 0.717) is 30.3 Å². The van der Waals surface area contributed by atoms with Crippen LogP contribution >= 0.6 is 0 Å². The summed E-state index contributed by atoms with van der Waals surface area (Å²) in [5.74, 6) is 1.57. The highest BCUT2D eigenvalue weighted by Crippen LogP contribution is 2.30. The minimum atomic E-state index is 0.202. The Kier molecular flexibility index (Phi) is 3.74. The molecule has 6 nitrogen and oxygen atoms in total. The van der Waals surface area contributed by atoms with E-state index in [4.69, 9.17) is 4.52 Å². The number of aromatic nitrogens is 2. The fourth-order valence-electron chi connectivity index (χ4n) is 3.65. The van der Waals surface area contributed by atoms with E-state index in [1.807, 2.05) is 11.8 Å². The van der Waals surface area contributed by atoms with Crippen LogP contribution in [0.5, 0.6) is 0 Å². The van der Waals surface area contributed by atoms with Gasteiger partial charge in [-0.05, 0) is 39.2 Å². The van der Waals surface area contributed by atoms with Crippen molar-refractivity contribution in [2.75, 3.05) is 13.1 Å². The molecule has 3 heterocycles. The van der Waals surface area contributed by atoms with Gasteiger partial charge in [0.1, 0.15) is 0 Å². The molecule has 0 spiro atoms.